The second-order valence-corrected chi connectivity index (χ2v) is 3.21. The molecular formula is C11H12FN3O. The quantitative estimate of drug-likeness (QED) is 0.804. The first-order valence-electron chi connectivity index (χ1n) is 4.81. The summed E-state index contributed by atoms with van der Waals surface area (Å²) >= 11 is 0. The molecule has 5 heteroatoms. The normalized spacial score (nSPS) is 9.56. The van der Waals surface area contributed by atoms with Crippen molar-refractivity contribution in [2.45, 2.75) is 6.42 Å². The Bertz CT molecular complexity index is 426. The maximum Gasteiger partial charge on any atom is 0.225 e. The highest BCUT2D eigenvalue weighted by Crippen LogP contribution is 2.15. The maximum atomic E-state index is 13.3. The Kier molecular flexibility index (Phi) is 4.42. The first kappa shape index (κ1) is 12.1. The third-order valence-corrected chi connectivity index (χ3v) is 1.97. The second-order valence-electron chi connectivity index (χ2n) is 3.21. The standard InChI is InChI=1S/C11H12FN3O/c1-14-5-4-11(16)15-10-3-2-8(7-13)6-9(10)12/h2-3,6,14H,4-5H2,1H3,(H,15,16). The van der Waals surface area contributed by atoms with Crippen molar-refractivity contribution in [3.05, 3.63) is 29.6 Å². The van der Waals surface area contributed by atoms with Crippen molar-refractivity contribution in [1.29, 1.82) is 5.26 Å². The van der Waals surface area contributed by atoms with E-state index in [1.165, 1.54) is 12.1 Å². The molecule has 84 valence electrons. The first-order chi connectivity index (χ1) is 7.67. The molecule has 16 heavy (non-hydrogen) atoms. The van der Waals surface area contributed by atoms with Gasteiger partial charge in [0.05, 0.1) is 17.3 Å². The number of nitrogens with one attached hydrogen (secondary N) is 2. The van der Waals surface area contributed by atoms with Crippen molar-refractivity contribution in [1.82, 2.24) is 5.32 Å². The SMILES string of the molecule is CNCCC(=O)Nc1ccc(C#N)cc1F. The van der Waals surface area contributed by atoms with Gasteiger partial charge in [0.25, 0.3) is 0 Å². The van der Waals surface area contributed by atoms with Crippen LogP contribution in [0.3, 0.4) is 0 Å². The molecule has 0 aliphatic heterocycles. The van der Waals surface area contributed by atoms with Gasteiger partial charge in [0.15, 0.2) is 0 Å². The summed E-state index contributed by atoms with van der Waals surface area (Å²) in [6.07, 6.45) is 0.274. The van der Waals surface area contributed by atoms with Crippen molar-refractivity contribution in [2.75, 3.05) is 18.9 Å². The predicted octanol–water partition coefficient (Wildman–Crippen LogP) is 1.25. The summed E-state index contributed by atoms with van der Waals surface area (Å²) in [4.78, 5) is 11.3. The van der Waals surface area contributed by atoms with Crippen LogP contribution in [0.5, 0.6) is 0 Å². The number of anilines is 1. The summed E-state index contributed by atoms with van der Waals surface area (Å²) in [5.74, 6) is -0.866. The monoisotopic (exact) mass is 221 g/mol. The summed E-state index contributed by atoms with van der Waals surface area (Å²) in [7, 11) is 1.73. The Balaban J connectivity index is 2.68. The Hall–Kier alpha value is -1.93. The zero-order valence-electron chi connectivity index (χ0n) is 8.88. The van der Waals surface area contributed by atoms with Gasteiger partial charge in [-0.15, -0.1) is 0 Å². The van der Waals surface area contributed by atoms with Gasteiger partial charge in [-0.3, -0.25) is 4.79 Å². The third-order valence-electron chi connectivity index (χ3n) is 1.97. The van der Waals surface area contributed by atoms with Crippen LogP contribution in [-0.4, -0.2) is 19.5 Å². The molecule has 0 spiro atoms. The number of carbonyl (C=O) groups is 1. The third kappa shape index (κ3) is 3.33. The summed E-state index contributed by atoms with van der Waals surface area (Å²) in [5, 5.41) is 13.8. The summed E-state index contributed by atoms with van der Waals surface area (Å²) in [6, 6.07) is 5.75. The molecule has 0 atom stereocenters. The minimum Gasteiger partial charge on any atom is -0.324 e. The number of benzene rings is 1. The minimum atomic E-state index is -0.600. The van der Waals surface area contributed by atoms with Gasteiger partial charge in [-0.2, -0.15) is 5.26 Å². The molecule has 2 N–H and O–H groups in total. The molecule has 0 aromatic heterocycles. The number of rotatable bonds is 4. The lowest BCUT2D eigenvalue weighted by Crippen LogP contribution is -2.19. The fourth-order valence-corrected chi connectivity index (χ4v) is 1.14. The largest absolute Gasteiger partial charge is 0.324 e. The maximum absolute atomic E-state index is 13.3. The predicted molar refractivity (Wildman–Crippen MR) is 58.3 cm³/mol. The van der Waals surface area contributed by atoms with Crippen LogP contribution < -0.4 is 10.6 Å². The van der Waals surface area contributed by atoms with E-state index in [1.54, 1.807) is 7.05 Å². The number of halogens is 1. The molecule has 1 rings (SSSR count). The van der Waals surface area contributed by atoms with Gasteiger partial charge >= 0.3 is 0 Å². The van der Waals surface area contributed by atoms with E-state index in [1.807, 2.05) is 6.07 Å². The molecule has 4 nitrogen and oxygen atoms in total. The highest BCUT2D eigenvalue weighted by Gasteiger charge is 2.07. The van der Waals surface area contributed by atoms with Crippen LogP contribution in [0, 0.1) is 17.1 Å². The molecule has 1 aromatic carbocycles. The molecule has 0 radical (unpaired) electrons. The molecule has 0 fully saturated rings. The van der Waals surface area contributed by atoms with E-state index in [0.717, 1.165) is 6.07 Å². The van der Waals surface area contributed by atoms with Crippen LogP contribution in [-0.2, 0) is 4.79 Å². The van der Waals surface area contributed by atoms with Gasteiger partial charge in [-0.1, -0.05) is 0 Å². The smallest absolute Gasteiger partial charge is 0.225 e. The molecule has 0 aliphatic carbocycles. The topological polar surface area (TPSA) is 64.9 Å². The van der Waals surface area contributed by atoms with Gasteiger partial charge in [0, 0.05) is 13.0 Å². The molecule has 0 aliphatic rings. The van der Waals surface area contributed by atoms with Gasteiger partial charge in [0.1, 0.15) is 5.82 Å². The fourth-order valence-electron chi connectivity index (χ4n) is 1.14. The molecular weight excluding hydrogens is 209 g/mol. The molecule has 0 saturated heterocycles. The van der Waals surface area contributed by atoms with Crippen molar-refractivity contribution < 1.29 is 9.18 Å². The number of hydrogen-bond donors (Lipinski definition) is 2. The Labute approximate surface area is 93.1 Å². The van der Waals surface area contributed by atoms with Gasteiger partial charge < -0.3 is 10.6 Å². The van der Waals surface area contributed by atoms with Crippen LogP contribution in [0.15, 0.2) is 18.2 Å². The lowest BCUT2D eigenvalue weighted by molar-refractivity contribution is -0.116. The Morgan fingerprint density at radius 2 is 2.31 bits per heavy atom. The van der Waals surface area contributed by atoms with Crippen molar-refractivity contribution in [3.8, 4) is 6.07 Å². The minimum absolute atomic E-state index is 0.0973. The number of nitrogens with zero attached hydrogens (tertiary/aromatic N) is 1. The van der Waals surface area contributed by atoms with Crippen LogP contribution >= 0.6 is 0 Å². The van der Waals surface area contributed by atoms with E-state index < -0.39 is 5.82 Å². The Morgan fingerprint density at radius 3 is 2.88 bits per heavy atom. The van der Waals surface area contributed by atoms with Crippen LogP contribution in [0.4, 0.5) is 10.1 Å². The van der Waals surface area contributed by atoms with Crippen LogP contribution in [0.25, 0.3) is 0 Å². The highest BCUT2D eigenvalue weighted by atomic mass is 19.1. The van der Waals surface area contributed by atoms with Gasteiger partial charge in [-0.05, 0) is 25.2 Å². The highest BCUT2D eigenvalue weighted by molar-refractivity contribution is 5.91. The lowest BCUT2D eigenvalue weighted by atomic mass is 10.2. The van der Waals surface area contributed by atoms with E-state index in [9.17, 15) is 9.18 Å². The van der Waals surface area contributed by atoms with Gasteiger partial charge in [-0.25, -0.2) is 4.39 Å². The molecule has 0 saturated carbocycles. The Morgan fingerprint density at radius 1 is 1.56 bits per heavy atom. The van der Waals surface area contributed by atoms with E-state index in [-0.39, 0.29) is 23.6 Å². The average molecular weight is 221 g/mol. The van der Waals surface area contributed by atoms with E-state index in [2.05, 4.69) is 10.6 Å². The molecule has 1 amide bonds. The zero-order chi connectivity index (χ0) is 12.0. The zero-order valence-corrected chi connectivity index (χ0v) is 8.88. The summed E-state index contributed by atoms with van der Waals surface area (Å²) < 4.78 is 13.3. The van der Waals surface area contributed by atoms with Crippen LogP contribution in [0.1, 0.15) is 12.0 Å². The summed E-state index contributed by atoms with van der Waals surface area (Å²) in [5.41, 5.74) is 0.325. The van der Waals surface area contributed by atoms with Crippen LogP contribution in [0.2, 0.25) is 0 Å². The lowest BCUT2D eigenvalue weighted by Gasteiger charge is -2.06. The van der Waals surface area contributed by atoms with Crippen molar-refractivity contribution in [3.63, 3.8) is 0 Å². The molecule has 0 bridgehead atoms. The number of hydrogen-bond acceptors (Lipinski definition) is 3. The fraction of sp³-hybridized carbons (Fsp3) is 0.273. The number of carbonyl (C=O) groups excluding carboxylic acids is 1. The van der Waals surface area contributed by atoms with Crippen molar-refractivity contribution >= 4 is 11.6 Å². The average Bonchev–Trinajstić information content (AvgIpc) is 2.29. The number of amides is 1. The van der Waals surface area contributed by atoms with Gasteiger partial charge in [0.2, 0.25) is 5.91 Å². The number of nitriles is 1. The van der Waals surface area contributed by atoms with Crippen molar-refractivity contribution in [2.24, 2.45) is 0 Å². The van der Waals surface area contributed by atoms with E-state index in [4.69, 9.17) is 5.26 Å². The summed E-state index contributed by atoms with van der Waals surface area (Å²) in [6.45, 7) is 0.531. The second kappa shape index (κ2) is 5.83. The van der Waals surface area contributed by atoms with E-state index in [0.29, 0.717) is 6.54 Å². The molecule has 0 heterocycles. The molecule has 1 aromatic rings. The van der Waals surface area contributed by atoms with E-state index >= 15 is 0 Å². The molecule has 0 unspecified atom stereocenters. The first-order valence-corrected chi connectivity index (χ1v) is 4.81.